The van der Waals surface area contributed by atoms with Crippen molar-refractivity contribution >= 4 is 11.9 Å². The van der Waals surface area contributed by atoms with E-state index in [0.29, 0.717) is 11.3 Å². The van der Waals surface area contributed by atoms with Gasteiger partial charge in [0, 0.05) is 6.92 Å². The number of aromatic carboxylic acids is 1. The zero-order chi connectivity index (χ0) is 11.4. The topological polar surface area (TPSA) is 76.5 Å². The Kier molecular flexibility index (Phi) is 3.38. The van der Waals surface area contributed by atoms with Gasteiger partial charge in [-0.2, -0.15) is 0 Å². The van der Waals surface area contributed by atoms with Gasteiger partial charge in [-0.1, -0.05) is 6.07 Å². The number of pyridine rings is 1. The highest BCUT2D eigenvalue weighted by molar-refractivity contribution is 5.86. The van der Waals surface area contributed by atoms with Gasteiger partial charge in [0.15, 0.2) is 5.69 Å². The number of carbonyl (C=O) groups is 2. The van der Waals surface area contributed by atoms with Crippen molar-refractivity contribution in [1.29, 1.82) is 0 Å². The van der Waals surface area contributed by atoms with Gasteiger partial charge < -0.3 is 9.84 Å². The minimum atomic E-state index is -1.09. The van der Waals surface area contributed by atoms with Crippen molar-refractivity contribution < 1.29 is 19.4 Å². The van der Waals surface area contributed by atoms with Crippen LogP contribution in [0.4, 0.5) is 0 Å². The standard InChI is InChI=1S/C10H11NO4/c1-6-3-4-8(5-15-7(2)12)11-9(6)10(13)14/h3-4H,5H2,1-2H3,(H,13,14). The van der Waals surface area contributed by atoms with E-state index in [1.54, 1.807) is 19.1 Å². The maximum Gasteiger partial charge on any atom is 0.354 e. The number of ether oxygens (including phenoxy) is 1. The summed E-state index contributed by atoms with van der Waals surface area (Å²) in [7, 11) is 0. The number of hydrogen-bond acceptors (Lipinski definition) is 4. The Morgan fingerprint density at radius 1 is 1.47 bits per heavy atom. The second kappa shape index (κ2) is 4.54. The van der Waals surface area contributed by atoms with E-state index in [9.17, 15) is 9.59 Å². The van der Waals surface area contributed by atoms with Gasteiger partial charge in [-0.3, -0.25) is 4.79 Å². The molecule has 1 rings (SSSR count). The van der Waals surface area contributed by atoms with Gasteiger partial charge in [0.2, 0.25) is 0 Å². The second-order valence-corrected chi connectivity index (χ2v) is 3.05. The average molecular weight is 209 g/mol. The summed E-state index contributed by atoms with van der Waals surface area (Å²) < 4.78 is 4.71. The lowest BCUT2D eigenvalue weighted by Crippen LogP contribution is -2.07. The van der Waals surface area contributed by atoms with E-state index in [0.717, 1.165) is 0 Å². The van der Waals surface area contributed by atoms with E-state index in [1.807, 2.05) is 0 Å². The third-order valence-corrected chi connectivity index (χ3v) is 1.78. The number of aromatic nitrogens is 1. The van der Waals surface area contributed by atoms with Gasteiger partial charge in [0.25, 0.3) is 0 Å². The number of carbonyl (C=O) groups excluding carboxylic acids is 1. The first kappa shape index (κ1) is 11.2. The Morgan fingerprint density at radius 2 is 2.13 bits per heavy atom. The number of esters is 1. The van der Waals surface area contributed by atoms with Crippen LogP contribution in [-0.2, 0) is 16.1 Å². The van der Waals surface area contributed by atoms with Crippen molar-refractivity contribution in [3.05, 3.63) is 29.1 Å². The van der Waals surface area contributed by atoms with Gasteiger partial charge in [0.05, 0.1) is 5.69 Å². The molecule has 15 heavy (non-hydrogen) atoms. The maximum absolute atomic E-state index is 10.7. The Morgan fingerprint density at radius 3 is 2.67 bits per heavy atom. The number of aryl methyl sites for hydroxylation is 1. The third-order valence-electron chi connectivity index (χ3n) is 1.78. The summed E-state index contributed by atoms with van der Waals surface area (Å²) in [6, 6.07) is 3.26. The van der Waals surface area contributed by atoms with E-state index in [-0.39, 0.29) is 12.3 Å². The van der Waals surface area contributed by atoms with E-state index in [2.05, 4.69) is 4.98 Å². The van der Waals surface area contributed by atoms with Crippen molar-refractivity contribution in [3.63, 3.8) is 0 Å². The summed E-state index contributed by atoms with van der Waals surface area (Å²) in [4.78, 5) is 25.1. The summed E-state index contributed by atoms with van der Waals surface area (Å²) in [6.07, 6.45) is 0. The highest BCUT2D eigenvalue weighted by atomic mass is 16.5. The maximum atomic E-state index is 10.7. The molecule has 1 heterocycles. The fraction of sp³-hybridized carbons (Fsp3) is 0.300. The van der Waals surface area contributed by atoms with Crippen LogP contribution in [0.5, 0.6) is 0 Å². The summed E-state index contributed by atoms with van der Waals surface area (Å²) in [5.41, 5.74) is 0.988. The van der Waals surface area contributed by atoms with E-state index in [1.165, 1.54) is 6.92 Å². The SMILES string of the molecule is CC(=O)OCc1ccc(C)c(C(=O)O)n1. The van der Waals surface area contributed by atoms with Crippen LogP contribution >= 0.6 is 0 Å². The smallest absolute Gasteiger partial charge is 0.354 e. The van der Waals surface area contributed by atoms with Crippen LogP contribution in [0.3, 0.4) is 0 Å². The van der Waals surface area contributed by atoms with Crippen molar-refractivity contribution in [2.24, 2.45) is 0 Å². The first-order chi connectivity index (χ1) is 7.00. The van der Waals surface area contributed by atoms with Crippen LogP contribution in [-0.4, -0.2) is 22.0 Å². The van der Waals surface area contributed by atoms with E-state index >= 15 is 0 Å². The number of carboxylic acids is 1. The molecule has 0 amide bonds. The molecule has 0 saturated carbocycles. The number of hydrogen-bond donors (Lipinski definition) is 1. The Balaban J connectivity index is 2.87. The van der Waals surface area contributed by atoms with Crippen LogP contribution in [0, 0.1) is 6.92 Å². The molecule has 0 aliphatic rings. The molecule has 0 bridgehead atoms. The molecular formula is C10H11NO4. The lowest BCUT2D eigenvalue weighted by atomic mass is 10.2. The second-order valence-electron chi connectivity index (χ2n) is 3.05. The monoisotopic (exact) mass is 209 g/mol. The van der Waals surface area contributed by atoms with Crippen LogP contribution in [0.25, 0.3) is 0 Å². The quantitative estimate of drug-likeness (QED) is 0.755. The molecule has 0 unspecified atom stereocenters. The van der Waals surface area contributed by atoms with Crippen LogP contribution in [0.15, 0.2) is 12.1 Å². The highest BCUT2D eigenvalue weighted by Gasteiger charge is 2.10. The molecule has 80 valence electrons. The number of nitrogens with zero attached hydrogens (tertiary/aromatic N) is 1. The molecule has 0 atom stereocenters. The summed E-state index contributed by atoms with van der Waals surface area (Å²) in [6.45, 7) is 2.94. The fourth-order valence-electron chi connectivity index (χ4n) is 1.04. The molecule has 0 radical (unpaired) electrons. The molecule has 1 aromatic heterocycles. The predicted molar refractivity (Wildman–Crippen MR) is 51.4 cm³/mol. The first-order valence-electron chi connectivity index (χ1n) is 4.34. The Hall–Kier alpha value is -1.91. The van der Waals surface area contributed by atoms with Crippen molar-refractivity contribution in [2.75, 3.05) is 0 Å². The molecule has 5 heteroatoms. The Bertz CT molecular complexity index is 400. The third kappa shape index (κ3) is 3.05. The minimum Gasteiger partial charge on any atom is -0.477 e. The molecule has 0 spiro atoms. The van der Waals surface area contributed by atoms with Gasteiger partial charge in [-0.05, 0) is 18.6 Å². The molecule has 0 aliphatic heterocycles. The zero-order valence-corrected chi connectivity index (χ0v) is 8.48. The lowest BCUT2D eigenvalue weighted by Gasteiger charge is -2.04. The molecule has 0 aromatic carbocycles. The zero-order valence-electron chi connectivity index (χ0n) is 8.48. The molecule has 0 saturated heterocycles. The molecule has 0 aliphatic carbocycles. The summed E-state index contributed by atoms with van der Waals surface area (Å²) in [5.74, 6) is -1.51. The number of rotatable bonds is 3. The highest BCUT2D eigenvalue weighted by Crippen LogP contribution is 2.07. The largest absolute Gasteiger partial charge is 0.477 e. The molecule has 1 N–H and O–H groups in total. The molecule has 0 fully saturated rings. The van der Waals surface area contributed by atoms with Gasteiger partial charge in [0.1, 0.15) is 6.61 Å². The van der Waals surface area contributed by atoms with Crippen LogP contribution in [0.2, 0.25) is 0 Å². The van der Waals surface area contributed by atoms with Crippen molar-refractivity contribution in [3.8, 4) is 0 Å². The van der Waals surface area contributed by atoms with Crippen LogP contribution < -0.4 is 0 Å². The van der Waals surface area contributed by atoms with Crippen molar-refractivity contribution in [1.82, 2.24) is 4.98 Å². The predicted octanol–water partition coefficient (Wildman–Crippen LogP) is 1.15. The summed E-state index contributed by atoms with van der Waals surface area (Å²) in [5, 5.41) is 8.80. The van der Waals surface area contributed by atoms with Gasteiger partial charge >= 0.3 is 11.9 Å². The first-order valence-corrected chi connectivity index (χ1v) is 4.34. The van der Waals surface area contributed by atoms with Crippen molar-refractivity contribution in [2.45, 2.75) is 20.5 Å². The minimum absolute atomic E-state index is 0.00407. The van der Waals surface area contributed by atoms with E-state index in [4.69, 9.17) is 9.84 Å². The molecule has 1 aromatic rings. The van der Waals surface area contributed by atoms with Crippen LogP contribution in [0.1, 0.15) is 28.7 Å². The Labute approximate surface area is 86.7 Å². The normalized spacial score (nSPS) is 9.73. The van der Waals surface area contributed by atoms with Gasteiger partial charge in [-0.25, -0.2) is 9.78 Å². The van der Waals surface area contributed by atoms with E-state index < -0.39 is 11.9 Å². The van der Waals surface area contributed by atoms with Gasteiger partial charge in [-0.15, -0.1) is 0 Å². The number of carboxylic acid groups (broad SMARTS) is 1. The molecular weight excluding hydrogens is 198 g/mol. The lowest BCUT2D eigenvalue weighted by molar-refractivity contribution is -0.142. The average Bonchev–Trinajstić information content (AvgIpc) is 2.16. The summed E-state index contributed by atoms with van der Waals surface area (Å²) >= 11 is 0. The molecule has 5 nitrogen and oxygen atoms in total. The fourth-order valence-corrected chi connectivity index (χ4v) is 1.04.